The van der Waals surface area contributed by atoms with Crippen LogP contribution in [0.3, 0.4) is 0 Å². The molecule has 0 bridgehead atoms. The van der Waals surface area contributed by atoms with Gasteiger partial charge >= 0.3 is 6.09 Å². The Hall–Kier alpha value is -2.69. The summed E-state index contributed by atoms with van der Waals surface area (Å²) in [5.74, 6) is 0.307. The van der Waals surface area contributed by atoms with E-state index in [1.54, 1.807) is 11.3 Å². The number of carbonyl (C=O) groups is 2. The van der Waals surface area contributed by atoms with Crippen LogP contribution in [0.2, 0.25) is 25.7 Å². The van der Waals surface area contributed by atoms with E-state index in [0.717, 1.165) is 72.6 Å². The van der Waals surface area contributed by atoms with Gasteiger partial charge in [0.2, 0.25) is 0 Å². The van der Waals surface area contributed by atoms with Crippen molar-refractivity contribution in [3.63, 3.8) is 0 Å². The fourth-order valence-electron chi connectivity index (χ4n) is 5.55. The highest BCUT2D eigenvalue weighted by atomic mass is 32.1. The van der Waals surface area contributed by atoms with Crippen LogP contribution in [0.5, 0.6) is 0 Å². The number of alkyl carbamates (subject to hydrolysis) is 1. The smallest absolute Gasteiger partial charge is 0.407 e. The van der Waals surface area contributed by atoms with Gasteiger partial charge in [0.15, 0.2) is 0 Å². The van der Waals surface area contributed by atoms with E-state index in [1.165, 1.54) is 0 Å². The molecule has 1 aliphatic carbocycles. The molecule has 1 saturated carbocycles. The molecule has 3 heterocycles. The summed E-state index contributed by atoms with van der Waals surface area (Å²) in [7, 11) is -1.18. The molecule has 4 rings (SSSR count). The van der Waals surface area contributed by atoms with Crippen LogP contribution in [0.4, 0.5) is 10.5 Å². The highest BCUT2D eigenvalue weighted by Gasteiger charge is 2.37. The van der Waals surface area contributed by atoms with Gasteiger partial charge in [0.25, 0.3) is 0 Å². The van der Waals surface area contributed by atoms with E-state index in [9.17, 15) is 9.59 Å². The zero-order valence-corrected chi connectivity index (χ0v) is 28.1. The highest BCUT2D eigenvalue weighted by Crippen LogP contribution is 2.40. The lowest BCUT2D eigenvalue weighted by Gasteiger charge is -2.38. The van der Waals surface area contributed by atoms with Gasteiger partial charge < -0.3 is 29.5 Å². The molecule has 0 spiro atoms. The van der Waals surface area contributed by atoms with Crippen molar-refractivity contribution in [1.29, 1.82) is 0 Å². The number of nitrogens with zero attached hydrogens (tertiary/aromatic N) is 2. The Labute approximate surface area is 255 Å². The summed E-state index contributed by atoms with van der Waals surface area (Å²) in [5, 5.41) is 11.9. The zero-order chi connectivity index (χ0) is 30.5. The second kappa shape index (κ2) is 13.3. The van der Waals surface area contributed by atoms with E-state index < -0.39 is 19.1 Å². The number of nitrogens with one attached hydrogen (secondary N) is 2. The first-order valence-electron chi connectivity index (χ1n) is 15.1. The second-order valence-electron chi connectivity index (χ2n) is 14.0. The van der Waals surface area contributed by atoms with Crippen LogP contribution < -0.4 is 10.6 Å². The molecule has 3 aromatic heterocycles. The van der Waals surface area contributed by atoms with Gasteiger partial charge in [-0.3, -0.25) is 0 Å². The maximum absolute atomic E-state index is 12.4. The van der Waals surface area contributed by atoms with Gasteiger partial charge in [-0.25, -0.2) is 9.78 Å². The Morgan fingerprint density at radius 3 is 2.62 bits per heavy atom. The van der Waals surface area contributed by atoms with Crippen molar-refractivity contribution in [2.45, 2.75) is 97.4 Å². The van der Waals surface area contributed by atoms with Crippen LogP contribution in [-0.2, 0) is 21.0 Å². The first kappa shape index (κ1) is 32.2. The maximum atomic E-state index is 12.4. The lowest BCUT2D eigenvalue weighted by Crippen LogP contribution is -2.44. The van der Waals surface area contributed by atoms with Crippen LogP contribution in [0.25, 0.3) is 22.3 Å². The molecule has 8 nitrogen and oxygen atoms in total. The lowest BCUT2D eigenvalue weighted by molar-refractivity contribution is -0.117. The predicted molar refractivity (Wildman–Crippen MR) is 175 cm³/mol. The molecule has 1 unspecified atom stereocenters. The van der Waals surface area contributed by atoms with Crippen molar-refractivity contribution < 1.29 is 19.1 Å². The van der Waals surface area contributed by atoms with Crippen molar-refractivity contribution in [2.24, 2.45) is 11.3 Å². The van der Waals surface area contributed by atoms with E-state index in [-0.39, 0.29) is 12.1 Å². The van der Waals surface area contributed by atoms with E-state index in [4.69, 9.17) is 14.5 Å². The van der Waals surface area contributed by atoms with Gasteiger partial charge in [0.1, 0.15) is 24.3 Å². The first-order chi connectivity index (χ1) is 19.8. The number of carbonyl (C=O) groups excluding carboxylic acids is 2. The summed E-state index contributed by atoms with van der Waals surface area (Å²) in [6, 6.07) is 7.41. The van der Waals surface area contributed by atoms with Gasteiger partial charge in [-0.05, 0) is 88.9 Å². The molecule has 230 valence electrons. The quantitative estimate of drug-likeness (QED) is 0.123. The third-order valence-electron chi connectivity index (χ3n) is 8.19. The van der Waals surface area contributed by atoms with Crippen LogP contribution in [0, 0.1) is 11.3 Å². The summed E-state index contributed by atoms with van der Waals surface area (Å²) in [5.41, 5.74) is 3.10. The molecule has 42 heavy (non-hydrogen) atoms. The summed E-state index contributed by atoms with van der Waals surface area (Å²) >= 11 is 1.67. The Bertz CT molecular complexity index is 1330. The van der Waals surface area contributed by atoms with E-state index in [0.29, 0.717) is 19.2 Å². The average molecular weight is 613 g/mol. The van der Waals surface area contributed by atoms with Gasteiger partial charge in [0.05, 0.1) is 5.69 Å². The number of fused-ring (bicyclic) bond motifs is 1. The summed E-state index contributed by atoms with van der Waals surface area (Å²) < 4.78 is 13.8. The second-order valence-corrected chi connectivity index (χ2v) is 20.4. The molecule has 1 aliphatic rings. The minimum Gasteiger partial charge on any atom is -0.444 e. The van der Waals surface area contributed by atoms with Crippen molar-refractivity contribution in [1.82, 2.24) is 14.9 Å². The number of thiophene rings is 1. The topological polar surface area (TPSA) is 94.5 Å². The average Bonchev–Trinajstić information content (AvgIpc) is 3.57. The van der Waals surface area contributed by atoms with Crippen LogP contribution in [0.1, 0.15) is 53.4 Å². The first-order valence-corrected chi connectivity index (χ1v) is 19.7. The lowest BCUT2D eigenvalue weighted by atomic mass is 9.69. The Morgan fingerprint density at radius 1 is 1.26 bits per heavy atom. The minimum absolute atomic E-state index is 0.0134. The molecule has 0 aliphatic heterocycles. The minimum atomic E-state index is -1.18. The number of aromatic nitrogens is 2. The predicted octanol–water partition coefficient (Wildman–Crippen LogP) is 7.78. The zero-order valence-electron chi connectivity index (χ0n) is 26.3. The van der Waals surface area contributed by atoms with Gasteiger partial charge in [0, 0.05) is 60.9 Å². The number of rotatable bonds is 12. The van der Waals surface area contributed by atoms with Crippen molar-refractivity contribution >= 4 is 48.5 Å². The summed E-state index contributed by atoms with van der Waals surface area (Å²) in [4.78, 5) is 29.5. The number of anilines is 1. The fourth-order valence-corrected chi connectivity index (χ4v) is 6.96. The monoisotopic (exact) mass is 612 g/mol. The number of aldehydes is 1. The Kier molecular flexibility index (Phi) is 10.2. The largest absolute Gasteiger partial charge is 0.444 e. The molecule has 0 aromatic carbocycles. The molecule has 1 fully saturated rings. The van der Waals surface area contributed by atoms with Crippen LogP contribution in [0.15, 0.2) is 35.2 Å². The van der Waals surface area contributed by atoms with E-state index >= 15 is 0 Å². The van der Waals surface area contributed by atoms with Crippen LogP contribution in [-0.4, -0.2) is 54.8 Å². The van der Waals surface area contributed by atoms with Crippen molar-refractivity contribution in [2.75, 3.05) is 18.5 Å². The standard InChI is InChI=1S/C32H48N4O4SSi/c1-23(35-30(38)40-31(2,3)4)24-8-12-32(21-37,13-9-24)20-34-27-10-14-33-29-26(27)18-28(25-11-16-41-19-25)36(29)22-39-15-17-42(5,6)7/h10-11,14,16,18-19,21,23-24H,8-9,12-13,15,17,20,22H2,1-7H3,(H,33,34)(H,35,38). The molecule has 10 heteroatoms. The normalized spacial score (nSPS) is 20.3. The van der Waals surface area contributed by atoms with Crippen molar-refractivity contribution in [3.8, 4) is 11.3 Å². The number of amides is 1. The van der Waals surface area contributed by atoms with Gasteiger partial charge in [-0.2, -0.15) is 11.3 Å². The highest BCUT2D eigenvalue weighted by molar-refractivity contribution is 7.08. The number of hydrogen-bond acceptors (Lipinski definition) is 7. The Balaban J connectivity index is 1.45. The third-order valence-corrected chi connectivity index (χ3v) is 10.6. The molecule has 2 N–H and O–H groups in total. The number of ether oxygens (including phenoxy) is 2. The molecule has 0 saturated heterocycles. The third kappa shape index (κ3) is 8.45. The SMILES string of the molecule is CC(NC(=O)OC(C)(C)C)C1CCC(C=O)(CNc2ccnc3c2cc(-c2ccsc2)n3COCC[Si](C)(C)C)CC1. The van der Waals surface area contributed by atoms with E-state index in [1.807, 2.05) is 40.0 Å². The molecule has 1 atom stereocenters. The van der Waals surface area contributed by atoms with Gasteiger partial charge in [-0.15, -0.1) is 0 Å². The summed E-state index contributed by atoms with van der Waals surface area (Å²) in [6.45, 7) is 16.4. The van der Waals surface area contributed by atoms with E-state index in [2.05, 4.69) is 57.7 Å². The summed E-state index contributed by atoms with van der Waals surface area (Å²) in [6.07, 6.45) is 5.86. The van der Waals surface area contributed by atoms with Crippen LogP contribution >= 0.6 is 11.3 Å². The number of hydrogen-bond donors (Lipinski definition) is 2. The number of pyridine rings is 1. The molecular formula is C32H48N4O4SSi. The molecule has 3 aromatic rings. The fraction of sp³-hybridized carbons (Fsp3) is 0.594. The van der Waals surface area contributed by atoms with Crippen molar-refractivity contribution in [3.05, 3.63) is 35.2 Å². The molecular weight excluding hydrogens is 565 g/mol. The molecule has 1 amide bonds. The van der Waals surface area contributed by atoms with Gasteiger partial charge in [-0.1, -0.05) is 19.6 Å². The molecule has 0 radical (unpaired) electrons. The maximum Gasteiger partial charge on any atom is 0.407 e. The Morgan fingerprint density at radius 2 is 2.00 bits per heavy atom.